The fourth-order valence-corrected chi connectivity index (χ4v) is 5.69. The maximum absolute atomic E-state index is 15.1. The normalized spacial score (nSPS) is 18.9. The second-order valence-corrected chi connectivity index (χ2v) is 10.0. The summed E-state index contributed by atoms with van der Waals surface area (Å²) in [6, 6.07) is 8.14. The first-order valence-electron chi connectivity index (χ1n) is 12.0. The third kappa shape index (κ3) is 4.86. The molecule has 0 atom stereocenters. The van der Waals surface area contributed by atoms with Gasteiger partial charge in [-0.3, -0.25) is 4.79 Å². The van der Waals surface area contributed by atoms with Crippen LogP contribution in [0.2, 0.25) is 0 Å². The van der Waals surface area contributed by atoms with E-state index in [1.54, 1.807) is 6.07 Å². The lowest BCUT2D eigenvalue weighted by molar-refractivity contribution is -0.139. The third-order valence-electron chi connectivity index (χ3n) is 7.84. The van der Waals surface area contributed by atoms with Crippen molar-refractivity contribution in [2.75, 3.05) is 18.0 Å². The molecule has 0 unspecified atom stereocenters. The number of nitrogens with one attached hydrogen (secondary N) is 1. The van der Waals surface area contributed by atoms with Gasteiger partial charge in [-0.05, 0) is 86.3 Å². The lowest BCUT2D eigenvalue weighted by Crippen LogP contribution is -2.42. The minimum absolute atomic E-state index is 0.194. The Kier molecular flexibility index (Phi) is 5.97. The highest BCUT2D eigenvalue weighted by Crippen LogP contribution is 2.47. The summed E-state index contributed by atoms with van der Waals surface area (Å²) in [6.45, 7) is 1.63. The van der Waals surface area contributed by atoms with Crippen molar-refractivity contribution in [1.82, 2.24) is 9.97 Å². The number of halogens is 4. The smallest absolute Gasteiger partial charge is 0.416 e. The van der Waals surface area contributed by atoms with E-state index in [2.05, 4.69) is 14.9 Å². The molecule has 2 fully saturated rings. The number of rotatable bonds is 4. The summed E-state index contributed by atoms with van der Waals surface area (Å²) >= 11 is 0. The number of carboxylic acids is 1. The second kappa shape index (κ2) is 8.84. The number of aliphatic carboxylic acids is 1. The number of imidazole rings is 1. The molecule has 0 radical (unpaired) electrons. The average molecular weight is 490 g/mol. The Morgan fingerprint density at radius 2 is 1.80 bits per heavy atom. The number of H-pyrrole nitrogens is 1. The number of fused-ring (bicyclic) bond motifs is 1. The maximum Gasteiger partial charge on any atom is 0.416 e. The Labute approximate surface area is 200 Å². The molecule has 5 rings (SSSR count). The number of aromatic amines is 1. The highest BCUT2D eigenvalue weighted by atomic mass is 19.4. The Morgan fingerprint density at radius 3 is 2.43 bits per heavy atom. The standard InChI is InChI=1S/C26H27F4N3O2/c27-20-15-18(33-11-9-25(10-12-33)7-5-16(6-8-25)13-23(34)35)2-3-19(20)24-31-21-4-1-17(26(28,29)30)14-22(21)32-24/h1-4,14-16H,5-13H2,(H,31,32)(H,34,35). The van der Waals surface area contributed by atoms with Gasteiger partial charge >= 0.3 is 12.1 Å². The van der Waals surface area contributed by atoms with E-state index >= 15 is 4.39 Å². The number of alkyl halides is 3. The molecule has 2 N–H and O–H groups in total. The van der Waals surface area contributed by atoms with Crippen molar-refractivity contribution < 1.29 is 27.5 Å². The first-order chi connectivity index (χ1) is 16.6. The van der Waals surface area contributed by atoms with Gasteiger partial charge in [0, 0.05) is 25.2 Å². The van der Waals surface area contributed by atoms with E-state index in [0.29, 0.717) is 5.52 Å². The molecule has 1 saturated carbocycles. The van der Waals surface area contributed by atoms with Gasteiger partial charge in [0.15, 0.2) is 0 Å². The molecule has 0 amide bonds. The molecule has 0 bridgehead atoms. The predicted octanol–water partition coefficient (Wildman–Crippen LogP) is 6.64. The van der Waals surface area contributed by atoms with E-state index < -0.39 is 23.5 Å². The van der Waals surface area contributed by atoms with Gasteiger partial charge in [-0.1, -0.05) is 0 Å². The molecule has 1 saturated heterocycles. The molecule has 1 aromatic heterocycles. The topological polar surface area (TPSA) is 69.2 Å². The van der Waals surface area contributed by atoms with Gasteiger partial charge in [0.25, 0.3) is 0 Å². The molecule has 1 aliphatic heterocycles. The number of aromatic nitrogens is 2. The number of benzene rings is 2. The molecule has 186 valence electrons. The third-order valence-corrected chi connectivity index (χ3v) is 7.84. The van der Waals surface area contributed by atoms with Crippen LogP contribution in [0.15, 0.2) is 36.4 Å². The Morgan fingerprint density at radius 1 is 1.09 bits per heavy atom. The van der Waals surface area contributed by atoms with Gasteiger partial charge in [0.1, 0.15) is 11.6 Å². The summed E-state index contributed by atoms with van der Waals surface area (Å²) in [5.41, 5.74) is 1.01. The first kappa shape index (κ1) is 23.6. The molecule has 3 aromatic rings. The number of hydrogen-bond donors (Lipinski definition) is 2. The fraction of sp³-hybridized carbons (Fsp3) is 0.462. The van der Waals surface area contributed by atoms with Crippen LogP contribution in [0.25, 0.3) is 22.4 Å². The van der Waals surface area contributed by atoms with Gasteiger partial charge < -0.3 is 15.0 Å². The van der Waals surface area contributed by atoms with Crippen molar-refractivity contribution >= 4 is 22.7 Å². The zero-order valence-electron chi connectivity index (χ0n) is 19.2. The van der Waals surface area contributed by atoms with E-state index in [1.165, 1.54) is 12.1 Å². The van der Waals surface area contributed by atoms with Crippen molar-refractivity contribution in [3.63, 3.8) is 0 Å². The average Bonchev–Trinajstić information content (AvgIpc) is 3.23. The quantitative estimate of drug-likeness (QED) is 0.403. The number of anilines is 1. The van der Waals surface area contributed by atoms with Gasteiger partial charge in [0.05, 0.1) is 22.2 Å². The van der Waals surface area contributed by atoms with Crippen molar-refractivity contribution in [1.29, 1.82) is 0 Å². The van der Waals surface area contributed by atoms with Crippen LogP contribution in [0.3, 0.4) is 0 Å². The molecule has 2 heterocycles. The fourth-order valence-electron chi connectivity index (χ4n) is 5.69. The van der Waals surface area contributed by atoms with Crippen LogP contribution < -0.4 is 4.90 Å². The molecule has 1 spiro atoms. The maximum atomic E-state index is 15.1. The van der Waals surface area contributed by atoms with Gasteiger partial charge in [-0.15, -0.1) is 0 Å². The van der Waals surface area contributed by atoms with Gasteiger partial charge in [-0.2, -0.15) is 13.2 Å². The van der Waals surface area contributed by atoms with E-state index in [4.69, 9.17) is 5.11 Å². The summed E-state index contributed by atoms with van der Waals surface area (Å²) in [5.74, 6) is -0.734. The molecule has 35 heavy (non-hydrogen) atoms. The van der Waals surface area contributed by atoms with Crippen LogP contribution in [0.1, 0.15) is 50.5 Å². The Bertz CT molecular complexity index is 1240. The number of carbonyl (C=O) groups is 1. The van der Waals surface area contributed by atoms with Crippen LogP contribution in [0.4, 0.5) is 23.2 Å². The number of nitrogens with zero attached hydrogens (tertiary/aromatic N) is 2. The Balaban J connectivity index is 1.27. The second-order valence-electron chi connectivity index (χ2n) is 10.0. The van der Waals surface area contributed by atoms with Crippen LogP contribution in [-0.4, -0.2) is 34.1 Å². The monoisotopic (exact) mass is 489 g/mol. The molecule has 9 heteroatoms. The minimum atomic E-state index is -4.46. The largest absolute Gasteiger partial charge is 0.481 e. The van der Waals surface area contributed by atoms with Crippen LogP contribution in [0.5, 0.6) is 0 Å². The van der Waals surface area contributed by atoms with Crippen molar-refractivity contribution in [3.8, 4) is 11.4 Å². The van der Waals surface area contributed by atoms with Crippen LogP contribution >= 0.6 is 0 Å². The van der Waals surface area contributed by atoms with Crippen LogP contribution in [0, 0.1) is 17.2 Å². The van der Waals surface area contributed by atoms with Crippen molar-refractivity contribution in [3.05, 3.63) is 47.8 Å². The van der Waals surface area contributed by atoms with Crippen molar-refractivity contribution in [2.24, 2.45) is 11.3 Å². The number of carboxylic acid groups (broad SMARTS) is 1. The summed E-state index contributed by atoms with van der Waals surface area (Å²) < 4.78 is 54.0. The lowest BCUT2D eigenvalue weighted by Gasteiger charge is -2.46. The lowest BCUT2D eigenvalue weighted by atomic mass is 9.65. The number of piperidine rings is 1. The minimum Gasteiger partial charge on any atom is -0.481 e. The molecule has 1 aliphatic carbocycles. The van der Waals surface area contributed by atoms with Crippen LogP contribution in [-0.2, 0) is 11.0 Å². The summed E-state index contributed by atoms with van der Waals surface area (Å²) in [5, 5.41) is 9.04. The highest BCUT2D eigenvalue weighted by molar-refractivity contribution is 5.80. The zero-order chi connectivity index (χ0) is 24.8. The number of hydrogen-bond acceptors (Lipinski definition) is 3. The molecule has 5 nitrogen and oxygen atoms in total. The summed E-state index contributed by atoms with van der Waals surface area (Å²) in [6.07, 6.45) is 1.81. The molecular weight excluding hydrogens is 462 g/mol. The SMILES string of the molecule is O=C(O)CC1CCC2(CC1)CCN(c1ccc(-c3nc4ccc(C(F)(F)F)cc4[nH]3)c(F)c1)CC2. The summed E-state index contributed by atoms with van der Waals surface area (Å²) in [4.78, 5) is 20.2. The Hall–Kier alpha value is -3.10. The van der Waals surface area contributed by atoms with Gasteiger partial charge in [-0.25, -0.2) is 9.37 Å². The van der Waals surface area contributed by atoms with Gasteiger partial charge in [0.2, 0.25) is 0 Å². The predicted molar refractivity (Wildman–Crippen MR) is 125 cm³/mol. The van der Waals surface area contributed by atoms with E-state index in [-0.39, 0.29) is 34.7 Å². The molecule has 2 aliphatic rings. The highest BCUT2D eigenvalue weighted by Gasteiger charge is 2.38. The molecular formula is C26H27F4N3O2. The molecule has 2 aromatic carbocycles. The van der Waals surface area contributed by atoms with E-state index in [1.807, 2.05) is 6.07 Å². The van der Waals surface area contributed by atoms with Crippen molar-refractivity contribution in [2.45, 2.75) is 51.1 Å². The summed E-state index contributed by atoms with van der Waals surface area (Å²) in [7, 11) is 0. The van der Waals surface area contributed by atoms with E-state index in [9.17, 15) is 18.0 Å². The van der Waals surface area contributed by atoms with E-state index in [0.717, 1.165) is 69.4 Å². The zero-order valence-corrected chi connectivity index (χ0v) is 19.2. The first-order valence-corrected chi connectivity index (χ1v) is 12.0.